The molecule has 0 amide bonds. The quantitative estimate of drug-likeness (QED) is 0.649. The van der Waals surface area contributed by atoms with Gasteiger partial charge in [-0.1, -0.05) is 32.4 Å². The molecular weight excluding hydrogens is 383 g/mol. The van der Waals surface area contributed by atoms with Crippen LogP contribution >= 0.6 is 23.2 Å². The van der Waals surface area contributed by atoms with Gasteiger partial charge in [-0.2, -0.15) is 0 Å². The number of fused-ring (bicyclic) bond motifs is 5. The van der Waals surface area contributed by atoms with E-state index in [1.54, 1.807) is 12.2 Å². The first-order chi connectivity index (χ1) is 12.4. The molecule has 3 fully saturated rings. The van der Waals surface area contributed by atoms with Gasteiger partial charge >= 0.3 is 0 Å². The van der Waals surface area contributed by atoms with Crippen molar-refractivity contribution < 1.29 is 14.7 Å². The van der Waals surface area contributed by atoms with E-state index in [0.29, 0.717) is 6.42 Å². The van der Waals surface area contributed by atoms with Crippen LogP contribution in [0, 0.1) is 28.6 Å². The number of hydrogen-bond donors (Lipinski definition) is 1. The third kappa shape index (κ3) is 2.09. The molecule has 1 N–H and O–H groups in total. The summed E-state index contributed by atoms with van der Waals surface area (Å²) in [5.41, 5.74) is -1.37. The first-order valence-electron chi connectivity index (χ1n) is 9.93. The van der Waals surface area contributed by atoms with E-state index in [1.165, 1.54) is 6.92 Å². The minimum absolute atomic E-state index is 0.00778. The Morgan fingerprint density at radius 1 is 1.30 bits per heavy atom. The highest BCUT2D eigenvalue weighted by Gasteiger charge is 2.74. The van der Waals surface area contributed by atoms with E-state index in [-0.39, 0.29) is 29.3 Å². The standard InChI is InChI=1S/C22H28Cl2O3/c1-12-9-17-16-6-5-14-10-15(26)7-8-19(14,3)21(16,24)18(23)11-20(17,4)22(12,27)13(2)25/h7-8,10,12,16-18,27H,5-6,9,11H2,1-4H3/t12?,16-,17-,18?,19-,20-,21-,22-/m0/s1. The Labute approximate surface area is 171 Å². The second-order valence-corrected chi connectivity index (χ2v) is 10.8. The number of allylic oxidation sites excluding steroid dienone is 4. The van der Waals surface area contributed by atoms with Crippen molar-refractivity contribution in [1.29, 1.82) is 0 Å². The molecule has 0 bridgehead atoms. The molecule has 0 saturated heterocycles. The molecule has 8 atom stereocenters. The Bertz CT molecular complexity index is 788. The molecule has 0 radical (unpaired) electrons. The topological polar surface area (TPSA) is 54.4 Å². The summed E-state index contributed by atoms with van der Waals surface area (Å²) in [7, 11) is 0. The maximum atomic E-state index is 12.5. The number of carbonyl (C=O) groups is 2. The average Bonchev–Trinajstić information content (AvgIpc) is 2.79. The molecule has 5 heteroatoms. The van der Waals surface area contributed by atoms with Gasteiger partial charge in [-0.25, -0.2) is 0 Å². The smallest absolute Gasteiger partial charge is 0.178 e. The van der Waals surface area contributed by atoms with Crippen LogP contribution in [0.25, 0.3) is 0 Å². The monoisotopic (exact) mass is 410 g/mol. The molecule has 0 heterocycles. The van der Waals surface area contributed by atoms with Gasteiger partial charge in [-0.15, -0.1) is 23.2 Å². The lowest BCUT2D eigenvalue weighted by Gasteiger charge is -2.63. The molecule has 4 rings (SSSR count). The van der Waals surface area contributed by atoms with Crippen LogP contribution in [0.5, 0.6) is 0 Å². The van der Waals surface area contributed by atoms with Crippen LogP contribution in [-0.4, -0.2) is 32.5 Å². The SMILES string of the molecule is CC(=O)[C@@]1(O)C(C)C[C@H]2[C@@H]3CCC4=CC(=O)C=C[C@]4(C)[C@@]3(Cl)C(Cl)C[C@@]21C. The molecule has 0 aromatic heterocycles. The normalized spacial score (nSPS) is 54.0. The Morgan fingerprint density at radius 3 is 2.59 bits per heavy atom. The van der Waals surface area contributed by atoms with Crippen LogP contribution in [0.1, 0.15) is 53.4 Å². The number of ketones is 2. The molecule has 2 unspecified atom stereocenters. The molecule has 0 aliphatic heterocycles. The van der Waals surface area contributed by atoms with E-state index in [4.69, 9.17) is 23.2 Å². The summed E-state index contributed by atoms with van der Waals surface area (Å²) in [5, 5.41) is 11.1. The summed E-state index contributed by atoms with van der Waals surface area (Å²) in [4.78, 5) is 23.7. The number of aliphatic hydroxyl groups is 1. The van der Waals surface area contributed by atoms with E-state index in [2.05, 4.69) is 6.92 Å². The average molecular weight is 411 g/mol. The van der Waals surface area contributed by atoms with E-state index < -0.39 is 26.7 Å². The molecule has 0 spiro atoms. The molecule has 0 aromatic carbocycles. The van der Waals surface area contributed by atoms with Crippen molar-refractivity contribution in [3.05, 3.63) is 23.8 Å². The van der Waals surface area contributed by atoms with E-state index in [1.807, 2.05) is 19.9 Å². The third-order valence-corrected chi connectivity index (χ3v) is 10.3. The third-order valence-electron chi connectivity index (χ3n) is 8.72. The van der Waals surface area contributed by atoms with Crippen molar-refractivity contribution in [2.75, 3.05) is 0 Å². The molecule has 3 nitrogen and oxygen atoms in total. The summed E-state index contributed by atoms with van der Waals surface area (Å²) in [6.45, 7) is 7.59. The van der Waals surface area contributed by atoms with E-state index in [9.17, 15) is 14.7 Å². The predicted molar refractivity (Wildman–Crippen MR) is 107 cm³/mol. The van der Waals surface area contributed by atoms with Crippen molar-refractivity contribution in [2.24, 2.45) is 28.6 Å². The van der Waals surface area contributed by atoms with Crippen molar-refractivity contribution in [1.82, 2.24) is 0 Å². The summed E-state index contributed by atoms with van der Waals surface area (Å²) in [6.07, 6.45) is 8.16. The summed E-state index contributed by atoms with van der Waals surface area (Å²) in [6, 6.07) is 0. The maximum Gasteiger partial charge on any atom is 0.178 e. The van der Waals surface area contributed by atoms with Gasteiger partial charge in [-0.3, -0.25) is 9.59 Å². The van der Waals surface area contributed by atoms with Crippen LogP contribution in [0.3, 0.4) is 0 Å². The molecule has 0 aromatic rings. The minimum atomic E-state index is -1.36. The van der Waals surface area contributed by atoms with Gasteiger partial charge in [-0.05, 0) is 62.5 Å². The lowest BCUT2D eigenvalue weighted by Crippen LogP contribution is -2.67. The zero-order chi connectivity index (χ0) is 20.0. The number of Topliss-reactive ketones (excluding diaryl/α,β-unsaturated/α-hetero) is 1. The van der Waals surface area contributed by atoms with Crippen LogP contribution < -0.4 is 0 Å². The maximum absolute atomic E-state index is 12.5. The highest BCUT2D eigenvalue weighted by atomic mass is 35.5. The van der Waals surface area contributed by atoms with Gasteiger partial charge < -0.3 is 5.11 Å². The number of hydrogen-bond acceptors (Lipinski definition) is 3. The molecule has 4 aliphatic rings. The van der Waals surface area contributed by atoms with Gasteiger partial charge in [0.15, 0.2) is 11.6 Å². The van der Waals surface area contributed by atoms with Crippen molar-refractivity contribution >= 4 is 34.8 Å². The molecule has 148 valence electrons. The predicted octanol–water partition coefficient (Wildman–Crippen LogP) is 4.44. The lowest BCUT2D eigenvalue weighted by atomic mass is 9.46. The largest absolute Gasteiger partial charge is 0.381 e. The van der Waals surface area contributed by atoms with Crippen molar-refractivity contribution in [2.45, 2.75) is 69.2 Å². The second kappa shape index (κ2) is 5.70. The first kappa shape index (κ1) is 19.7. The van der Waals surface area contributed by atoms with E-state index in [0.717, 1.165) is 24.8 Å². The Kier molecular flexibility index (Phi) is 4.16. The van der Waals surface area contributed by atoms with Gasteiger partial charge in [0.25, 0.3) is 0 Å². The van der Waals surface area contributed by atoms with Gasteiger partial charge in [0.2, 0.25) is 0 Å². The fraction of sp³-hybridized carbons (Fsp3) is 0.727. The number of carbonyl (C=O) groups excluding carboxylic acids is 2. The highest BCUT2D eigenvalue weighted by molar-refractivity contribution is 6.34. The van der Waals surface area contributed by atoms with Gasteiger partial charge in [0, 0.05) is 10.8 Å². The Morgan fingerprint density at radius 2 is 1.96 bits per heavy atom. The van der Waals surface area contributed by atoms with Crippen LogP contribution in [0.2, 0.25) is 0 Å². The fourth-order valence-electron chi connectivity index (χ4n) is 7.23. The van der Waals surface area contributed by atoms with E-state index >= 15 is 0 Å². The first-order valence-corrected chi connectivity index (χ1v) is 10.7. The fourth-order valence-corrected chi connectivity index (χ4v) is 8.46. The molecule has 27 heavy (non-hydrogen) atoms. The highest BCUT2D eigenvalue weighted by Crippen LogP contribution is 2.72. The van der Waals surface area contributed by atoms with Gasteiger partial charge in [0.1, 0.15) is 5.60 Å². The lowest BCUT2D eigenvalue weighted by molar-refractivity contribution is -0.162. The van der Waals surface area contributed by atoms with Crippen LogP contribution in [0.4, 0.5) is 0 Å². The Hall–Kier alpha value is -0.640. The molecular formula is C22H28Cl2O3. The Balaban J connectivity index is 1.85. The summed E-state index contributed by atoms with van der Waals surface area (Å²) >= 11 is 14.4. The van der Waals surface area contributed by atoms with Crippen molar-refractivity contribution in [3.8, 4) is 0 Å². The summed E-state index contributed by atoms with van der Waals surface area (Å²) in [5.74, 6) is -0.0826. The molecule has 3 saturated carbocycles. The number of alkyl halides is 2. The summed E-state index contributed by atoms with van der Waals surface area (Å²) < 4.78 is 0. The minimum Gasteiger partial charge on any atom is -0.381 e. The number of rotatable bonds is 1. The van der Waals surface area contributed by atoms with Crippen LogP contribution in [-0.2, 0) is 9.59 Å². The zero-order valence-electron chi connectivity index (χ0n) is 16.4. The van der Waals surface area contributed by atoms with Gasteiger partial charge in [0.05, 0.1) is 10.3 Å². The number of halogens is 2. The molecule has 4 aliphatic carbocycles. The zero-order valence-corrected chi connectivity index (χ0v) is 17.9. The van der Waals surface area contributed by atoms with Crippen LogP contribution in [0.15, 0.2) is 23.8 Å². The van der Waals surface area contributed by atoms with Crippen molar-refractivity contribution in [3.63, 3.8) is 0 Å². The second-order valence-electron chi connectivity index (χ2n) is 9.68.